The van der Waals surface area contributed by atoms with E-state index in [1.165, 1.54) is 6.20 Å². The van der Waals surface area contributed by atoms with Gasteiger partial charge in [0.05, 0.1) is 11.9 Å². The standard InChI is InChI=1S/C14H21BClN3O4/c1-14(2,3)23-13(20)19-11-9-18-12(16)8-10(11)15-21-6-4-17-5-7-22-15/h8-9,17H,4-7H2,1-3H3,(H,19,20). The Morgan fingerprint density at radius 3 is 2.65 bits per heavy atom. The van der Waals surface area contributed by atoms with Crippen LogP contribution in [0.2, 0.25) is 5.15 Å². The van der Waals surface area contributed by atoms with E-state index in [1.807, 2.05) is 0 Å². The van der Waals surface area contributed by atoms with Crippen molar-refractivity contribution in [2.24, 2.45) is 0 Å². The van der Waals surface area contributed by atoms with Gasteiger partial charge in [-0.05, 0) is 26.8 Å². The van der Waals surface area contributed by atoms with Crippen LogP contribution in [0.15, 0.2) is 12.3 Å². The van der Waals surface area contributed by atoms with Gasteiger partial charge in [0.15, 0.2) is 0 Å². The van der Waals surface area contributed by atoms with Crippen molar-refractivity contribution in [1.29, 1.82) is 0 Å². The molecule has 0 saturated carbocycles. The SMILES string of the molecule is CC(C)(C)OC(=O)Nc1cnc(Cl)cc1B1OCCNCCO1. The summed E-state index contributed by atoms with van der Waals surface area (Å²) in [4.78, 5) is 16.0. The Bertz CT molecular complexity index is 545. The predicted octanol–water partition coefficient (Wildman–Crippen LogP) is 1.41. The quantitative estimate of drug-likeness (QED) is 0.625. The summed E-state index contributed by atoms with van der Waals surface area (Å²) >= 11 is 5.97. The van der Waals surface area contributed by atoms with Gasteiger partial charge in [-0.2, -0.15) is 0 Å². The van der Waals surface area contributed by atoms with Gasteiger partial charge in [0.1, 0.15) is 10.8 Å². The van der Waals surface area contributed by atoms with E-state index in [0.717, 1.165) is 13.1 Å². The molecule has 1 aliphatic rings. The van der Waals surface area contributed by atoms with Gasteiger partial charge < -0.3 is 19.4 Å². The average molecular weight is 342 g/mol. The fraction of sp³-hybridized carbons (Fsp3) is 0.571. The number of carbonyl (C=O) groups excluding carboxylic acids is 1. The lowest BCUT2D eigenvalue weighted by molar-refractivity contribution is 0.0636. The van der Waals surface area contributed by atoms with E-state index in [0.29, 0.717) is 29.5 Å². The van der Waals surface area contributed by atoms with Crippen molar-refractivity contribution in [1.82, 2.24) is 10.3 Å². The molecule has 23 heavy (non-hydrogen) atoms. The molecule has 0 atom stereocenters. The summed E-state index contributed by atoms with van der Waals surface area (Å²) in [5.41, 5.74) is 0.461. The third kappa shape index (κ3) is 5.99. The molecule has 1 saturated heterocycles. The molecule has 2 heterocycles. The molecule has 9 heteroatoms. The van der Waals surface area contributed by atoms with Crippen LogP contribution in [-0.4, -0.2) is 50.1 Å². The molecule has 0 bridgehead atoms. The van der Waals surface area contributed by atoms with Crippen molar-refractivity contribution in [3.63, 3.8) is 0 Å². The van der Waals surface area contributed by atoms with Crippen LogP contribution in [0.5, 0.6) is 0 Å². The zero-order chi connectivity index (χ0) is 16.9. The van der Waals surface area contributed by atoms with Crippen LogP contribution < -0.4 is 16.1 Å². The number of aromatic nitrogens is 1. The van der Waals surface area contributed by atoms with Gasteiger partial charge in [-0.15, -0.1) is 0 Å². The number of nitrogens with zero attached hydrogens (tertiary/aromatic N) is 1. The summed E-state index contributed by atoms with van der Waals surface area (Å²) in [6.07, 6.45) is 0.890. The summed E-state index contributed by atoms with van der Waals surface area (Å²) in [7, 11) is -0.623. The molecule has 126 valence electrons. The third-order valence-corrected chi connectivity index (χ3v) is 3.09. The number of nitrogens with one attached hydrogen (secondary N) is 2. The maximum Gasteiger partial charge on any atom is 0.496 e. The second-order valence-corrected chi connectivity index (χ2v) is 6.43. The van der Waals surface area contributed by atoms with Gasteiger partial charge >= 0.3 is 13.2 Å². The minimum atomic E-state index is -0.623. The van der Waals surface area contributed by atoms with Gasteiger partial charge in [-0.25, -0.2) is 9.78 Å². The summed E-state index contributed by atoms with van der Waals surface area (Å²) in [6, 6.07) is 1.62. The number of hydrogen-bond acceptors (Lipinski definition) is 6. The van der Waals surface area contributed by atoms with Crippen molar-refractivity contribution >= 4 is 36.0 Å². The molecule has 2 rings (SSSR count). The molecular weight excluding hydrogens is 320 g/mol. The molecule has 1 aromatic heterocycles. The molecule has 1 fully saturated rings. The largest absolute Gasteiger partial charge is 0.496 e. The average Bonchev–Trinajstić information content (AvgIpc) is 2.38. The minimum Gasteiger partial charge on any atom is -0.444 e. The topological polar surface area (TPSA) is 81.7 Å². The van der Waals surface area contributed by atoms with Crippen molar-refractivity contribution in [3.05, 3.63) is 17.4 Å². The van der Waals surface area contributed by atoms with Crippen molar-refractivity contribution in [2.75, 3.05) is 31.6 Å². The Morgan fingerprint density at radius 2 is 2.04 bits per heavy atom. The summed E-state index contributed by atoms with van der Waals surface area (Å²) in [6.45, 7) is 7.80. The smallest absolute Gasteiger partial charge is 0.444 e. The lowest BCUT2D eigenvalue weighted by Gasteiger charge is -2.22. The molecule has 1 aromatic rings. The van der Waals surface area contributed by atoms with Crippen LogP contribution >= 0.6 is 11.6 Å². The predicted molar refractivity (Wildman–Crippen MR) is 89.3 cm³/mol. The normalized spacial score (nSPS) is 16.4. The fourth-order valence-corrected chi connectivity index (χ4v) is 2.15. The van der Waals surface area contributed by atoms with Crippen molar-refractivity contribution in [2.45, 2.75) is 26.4 Å². The van der Waals surface area contributed by atoms with Crippen LogP contribution in [0.4, 0.5) is 10.5 Å². The molecule has 0 radical (unpaired) electrons. The second-order valence-electron chi connectivity index (χ2n) is 6.04. The van der Waals surface area contributed by atoms with Crippen molar-refractivity contribution < 1.29 is 18.8 Å². The zero-order valence-corrected chi connectivity index (χ0v) is 14.3. The van der Waals surface area contributed by atoms with E-state index in [9.17, 15) is 4.79 Å². The van der Waals surface area contributed by atoms with Crippen LogP contribution in [0.3, 0.4) is 0 Å². The van der Waals surface area contributed by atoms with Crippen LogP contribution in [0, 0.1) is 0 Å². The molecule has 0 spiro atoms. The Kier molecular flexibility index (Phi) is 6.23. The minimum absolute atomic E-state index is 0.294. The number of anilines is 1. The third-order valence-electron chi connectivity index (χ3n) is 2.89. The van der Waals surface area contributed by atoms with E-state index < -0.39 is 18.8 Å². The van der Waals surface area contributed by atoms with Crippen LogP contribution in [0.1, 0.15) is 20.8 Å². The van der Waals surface area contributed by atoms with Crippen LogP contribution in [-0.2, 0) is 14.0 Å². The first-order valence-electron chi connectivity index (χ1n) is 7.44. The lowest BCUT2D eigenvalue weighted by atomic mass is 9.78. The van der Waals surface area contributed by atoms with Crippen molar-refractivity contribution in [3.8, 4) is 0 Å². The van der Waals surface area contributed by atoms with E-state index in [-0.39, 0.29) is 0 Å². The first-order chi connectivity index (χ1) is 10.8. The Labute approximate surface area is 141 Å². The summed E-state index contributed by atoms with van der Waals surface area (Å²) in [5, 5.41) is 6.13. The summed E-state index contributed by atoms with van der Waals surface area (Å²) in [5.74, 6) is 0. The summed E-state index contributed by atoms with van der Waals surface area (Å²) < 4.78 is 16.6. The van der Waals surface area contributed by atoms with Gasteiger partial charge in [0.2, 0.25) is 0 Å². The van der Waals surface area contributed by atoms with E-state index in [2.05, 4.69) is 15.6 Å². The van der Waals surface area contributed by atoms with E-state index in [1.54, 1.807) is 26.8 Å². The molecule has 0 aliphatic carbocycles. The number of amides is 1. The molecule has 7 nitrogen and oxygen atoms in total. The van der Waals surface area contributed by atoms with Gasteiger partial charge in [0.25, 0.3) is 0 Å². The highest BCUT2D eigenvalue weighted by Crippen LogP contribution is 2.13. The number of ether oxygens (including phenoxy) is 1. The monoisotopic (exact) mass is 341 g/mol. The van der Waals surface area contributed by atoms with Gasteiger partial charge in [-0.1, -0.05) is 11.6 Å². The maximum atomic E-state index is 12.0. The van der Waals surface area contributed by atoms with E-state index >= 15 is 0 Å². The molecule has 1 aliphatic heterocycles. The highest BCUT2D eigenvalue weighted by Gasteiger charge is 2.28. The molecule has 1 amide bonds. The van der Waals surface area contributed by atoms with Gasteiger partial charge in [-0.3, -0.25) is 5.32 Å². The molecule has 0 unspecified atom stereocenters. The van der Waals surface area contributed by atoms with Gasteiger partial charge in [0, 0.05) is 31.8 Å². The maximum absolute atomic E-state index is 12.0. The Balaban J connectivity index is 2.17. The molecule has 0 aromatic carbocycles. The number of halogens is 1. The zero-order valence-electron chi connectivity index (χ0n) is 13.5. The lowest BCUT2D eigenvalue weighted by Crippen LogP contribution is -2.44. The van der Waals surface area contributed by atoms with E-state index in [4.69, 9.17) is 25.6 Å². The second kappa shape index (κ2) is 7.96. The Hall–Kier alpha value is -1.35. The molecule has 2 N–H and O–H groups in total. The highest BCUT2D eigenvalue weighted by atomic mass is 35.5. The number of rotatable bonds is 2. The number of carbonyl (C=O) groups is 1. The number of hydrogen-bond donors (Lipinski definition) is 2. The first kappa shape index (κ1) is 18.0. The molecular formula is C14H21BClN3O4. The van der Waals surface area contributed by atoms with Crippen LogP contribution in [0.25, 0.3) is 0 Å². The Morgan fingerprint density at radius 1 is 1.39 bits per heavy atom. The first-order valence-corrected chi connectivity index (χ1v) is 7.82. The fourth-order valence-electron chi connectivity index (χ4n) is 1.99. The number of pyridine rings is 1. The highest BCUT2D eigenvalue weighted by molar-refractivity contribution is 6.63.